The topological polar surface area (TPSA) is 145 Å². The highest BCUT2D eigenvalue weighted by Gasteiger charge is 2.14. The third-order valence-corrected chi connectivity index (χ3v) is 5.75. The monoisotopic (exact) mass is 413 g/mol. The number of hydrogen-bond donors (Lipinski definition) is 3. The summed E-state index contributed by atoms with van der Waals surface area (Å²) in [5, 5.41) is 7.47. The van der Waals surface area contributed by atoms with Crippen LogP contribution in [-0.4, -0.2) is 29.5 Å². The first-order valence-corrected chi connectivity index (χ1v) is 10.8. The number of hydrogen-bond acceptors (Lipinski definition) is 6. The molecule has 4 N–H and O–H groups in total. The van der Waals surface area contributed by atoms with Gasteiger partial charge in [-0.25, -0.2) is 31.5 Å². The van der Waals surface area contributed by atoms with Crippen LogP contribution < -0.4 is 15.2 Å². The number of nitrogens with two attached hydrogens (primary N) is 1. The molecule has 0 radical (unpaired) electrons. The van der Waals surface area contributed by atoms with Gasteiger partial charge in [-0.1, -0.05) is 12.1 Å². The van der Waals surface area contributed by atoms with E-state index >= 15 is 0 Å². The van der Waals surface area contributed by atoms with Crippen LogP contribution in [-0.2, 0) is 31.3 Å². The molecule has 0 aliphatic rings. The van der Waals surface area contributed by atoms with Gasteiger partial charge in [0.25, 0.3) is 0 Å². The molecule has 2 rings (SSSR count). The Morgan fingerprint density at radius 3 is 2.04 bits per heavy atom. The van der Waals surface area contributed by atoms with Crippen molar-refractivity contribution in [2.45, 2.75) is 23.3 Å². The number of anilines is 1. The number of primary sulfonamides is 1. The van der Waals surface area contributed by atoms with Gasteiger partial charge in [-0.15, -0.1) is 0 Å². The lowest BCUT2D eigenvalue weighted by atomic mass is 10.2. The molecule has 0 aliphatic heterocycles. The van der Waals surface area contributed by atoms with E-state index in [1.54, 1.807) is 6.92 Å². The summed E-state index contributed by atoms with van der Waals surface area (Å²) in [4.78, 5) is 11.3. The smallest absolute Gasteiger partial charge is 0.411 e. The summed E-state index contributed by atoms with van der Waals surface area (Å²) in [6.45, 7) is 1.86. The fourth-order valence-corrected chi connectivity index (χ4v) is 3.59. The molecule has 0 fully saturated rings. The zero-order valence-electron chi connectivity index (χ0n) is 14.4. The number of nitrogens with one attached hydrogen (secondary N) is 2. The minimum absolute atomic E-state index is 0.0121. The van der Waals surface area contributed by atoms with E-state index < -0.39 is 26.1 Å². The number of rotatable bonds is 7. The van der Waals surface area contributed by atoms with Crippen molar-refractivity contribution in [3.8, 4) is 0 Å². The second kappa shape index (κ2) is 8.48. The minimum Gasteiger partial charge on any atom is -0.450 e. The molecule has 9 nitrogen and oxygen atoms in total. The quantitative estimate of drug-likeness (QED) is 0.625. The Kier molecular flexibility index (Phi) is 6.54. The molecule has 11 heteroatoms. The maximum Gasteiger partial charge on any atom is 0.411 e. The average Bonchev–Trinajstić information content (AvgIpc) is 2.60. The van der Waals surface area contributed by atoms with Gasteiger partial charge in [0.1, 0.15) is 0 Å². The van der Waals surface area contributed by atoms with Crippen molar-refractivity contribution in [2.75, 3.05) is 11.9 Å². The van der Waals surface area contributed by atoms with Crippen molar-refractivity contribution in [2.24, 2.45) is 5.14 Å². The number of sulfonamides is 2. The van der Waals surface area contributed by atoms with Crippen molar-refractivity contribution in [1.82, 2.24) is 4.72 Å². The summed E-state index contributed by atoms with van der Waals surface area (Å²) in [5.74, 6) is 0. The van der Waals surface area contributed by atoms with Gasteiger partial charge in [-0.2, -0.15) is 0 Å². The molecule has 27 heavy (non-hydrogen) atoms. The fraction of sp³-hybridized carbons (Fsp3) is 0.188. The zero-order valence-corrected chi connectivity index (χ0v) is 16.0. The van der Waals surface area contributed by atoms with Crippen LogP contribution in [0.2, 0.25) is 0 Å². The van der Waals surface area contributed by atoms with Crippen LogP contribution in [0.15, 0.2) is 58.3 Å². The lowest BCUT2D eigenvalue weighted by Gasteiger charge is -2.09. The lowest BCUT2D eigenvalue weighted by Crippen LogP contribution is -2.23. The Morgan fingerprint density at radius 1 is 0.963 bits per heavy atom. The molecule has 0 unspecified atom stereocenters. The Labute approximate surface area is 157 Å². The normalized spacial score (nSPS) is 11.8. The third kappa shape index (κ3) is 6.03. The third-order valence-electron chi connectivity index (χ3n) is 3.40. The molecule has 146 valence electrons. The number of benzene rings is 2. The van der Waals surface area contributed by atoms with Crippen molar-refractivity contribution < 1.29 is 26.4 Å². The lowest BCUT2D eigenvalue weighted by molar-refractivity contribution is 0.168. The second-order valence-electron chi connectivity index (χ2n) is 5.38. The van der Waals surface area contributed by atoms with Crippen molar-refractivity contribution in [3.05, 3.63) is 54.1 Å². The Balaban J connectivity index is 2.02. The van der Waals surface area contributed by atoms with Gasteiger partial charge < -0.3 is 4.74 Å². The standard InChI is InChI=1S/C16H19N3O6S2/c1-2-25-16(20)19-13-5-9-15(10-6-13)27(23,24)18-11-12-3-7-14(8-4-12)26(17,21)22/h3-10,18H,2,11H2,1H3,(H,19,20)(H2,17,21,22). The molecule has 0 saturated carbocycles. The maximum absolute atomic E-state index is 12.3. The molecule has 0 aromatic heterocycles. The van der Waals surface area contributed by atoms with Crippen molar-refractivity contribution in [1.29, 1.82) is 0 Å². The first-order chi connectivity index (χ1) is 12.6. The van der Waals surface area contributed by atoms with Gasteiger partial charge in [-0.05, 0) is 48.9 Å². The summed E-state index contributed by atoms with van der Waals surface area (Å²) in [7, 11) is -7.59. The highest BCUT2D eigenvalue weighted by Crippen LogP contribution is 2.15. The highest BCUT2D eigenvalue weighted by atomic mass is 32.2. The molecular formula is C16H19N3O6S2. The summed E-state index contributed by atoms with van der Waals surface area (Å²) in [5.41, 5.74) is 0.956. The van der Waals surface area contributed by atoms with Crippen molar-refractivity contribution >= 4 is 31.8 Å². The SMILES string of the molecule is CCOC(=O)Nc1ccc(S(=O)(=O)NCc2ccc(S(N)(=O)=O)cc2)cc1. The molecule has 0 aliphatic carbocycles. The van der Waals surface area contributed by atoms with Crippen LogP contribution in [0.5, 0.6) is 0 Å². The van der Waals surface area contributed by atoms with Crippen LogP contribution >= 0.6 is 0 Å². The van der Waals surface area contributed by atoms with Gasteiger partial charge in [0.05, 0.1) is 16.4 Å². The average molecular weight is 413 g/mol. The van der Waals surface area contributed by atoms with Gasteiger partial charge in [0, 0.05) is 12.2 Å². The number of amides is 1. The first kappa shape index (κ1) is 20.8. The largest absolute Gasteiger partial charge is 0.450 e. The second-order valence-corrected chi connectivity index (χ2v) is 8.71. The number of carbonyl (C=O) groups is 1. The van der Waals surface area contributed by atoms with Crippen LogP contribution in [0, 0.1) is 0 Å². The van der Waals surface area contributed by atoms with Crippen molar-refractivity contribution in [3.63, 3.8) is 0 Å². The zero-order chi connectivity index (χ0) is 20.1. The molecule has 2 aromatic rings. The number of carbonyl (C=O) groups excluding carboxylic acids is 1. The van der Waals surface area contributed by atoms with E-state index in [-0.39, 0.29) is 22.9 Å². The van der Waals surface area contributed by atoms with E-state index in [0.29, 0.717) is 11.3 Å². The Bertz CT molecular complexity index is 1000. The maximum atomic E-state index is 12.3. The van der Waals surface area contributed by atoms with E-state index in [9.17, 15) is 21.6 Å². The summed E-state index contributed by atoms with van der Waals surface area (Å²) in [6.07, 6.45) is -0.630. The summed E-state index contributed by atoms with van der Waals surface area (Å²) in [6, 6.07) is 11.1. The summed E-state index contributed by atoms with van der Waals surface area (Å²) < 4.78 is 54.2. The molecule has 0 spiro atoms. The predicted molar refractivity (Wildman–Crippen MR) is 98.9 cm³/mol. The first-order valence-electron chi connectivity index (χ1n) is 7.77. The predicted octanol–water partition coefficient (Wildman–Crippen LogP) is 1.38. The van der Waals surface area contributed by atoms with Crippen LogP contribution in [0.4, 0.5) is 10.5 Å². The Morgan fingerprint density at radius 2 is 1.52 bits per heavy atom. The molecule has 1 amide bonds. The Hall–Kier alpha value is -2.47. The molecular weight excluding hydrogens is 394 g/mol. The molecule has 0 heterocycles. The van der Waals surface area contributed by atoms with Gasteiger partial charge >= 0.3 is 6.09 Å². The van der Waals surface area contributed by atoms with E-state index in [1.165, 1.54) is 48.5 Å². The molecule has 2 aromatic carbocycles. The van der Waals surface area contributed by atoms with E-state index in [1.807, 2.05) is 0 Å². The van der Waals surface area contributed by atoms with E-state index in [4.69, 9.17) is 9.88 Å². The van der Waals surface area contributed by atoms with E-state index in [2.05, 4.69) is 10.0 Å². The molecule has 0 bridgehead atoms. The van der Waals surface area contributed by atoms with Gasteiger partial charge in [0.2, 0.25) is 20.0 Å². The molecule has 0 saturated heterocycles. The van der Waals surface area contributed by atoms with E-state index in [0.717, 1.165) is 0 Å². The highest BCUT2D eigenvalue weighted by molar-refractivity contribution is 7.89. The number of ether oxygens (including phenoxy) is 1. The van der Waals surface area contributed by atoms with Crippen LogP contribution in [0.25, 0.3) is 0 Å². The summed E-state index contributed by atoms with van der Waals surface area (Å²) >= 11 is 0. The van der Waals surface area contributed by atoms with Gasteiger partial charge in [-0.3, -0.25) is 5.32 Å². The van der Waals surface area contributed by atoms with Crippen LogP contribution in [0.1, 0.15) is 12.5 Å². The molecule has 0 atom stereocenters. The van der Waals surface area contributed by atoms with Crippen LogP contribution in [0.3, 0.4) is 0 Å². The minimum atomic E-state index is -3.80. The fourth-order valence-electron chi connectivity index (χ4n) is 2.06. The van der Waals surface area contributed by atoms with Gasteiger partial charge in [0.15, 0.2) is 0 Å².